The van der Waals surface area contributed by atoms with E-state index in [-0.39, 0.29) is 9.77 Å². The quantitative estimate of drug-likeness (QED) is 0.931. The Morgan fingerprint density at radius 1 is 1.43 bits per heavy atom. The first-order valence-electron chi connectivity index (χ1n) is 6.21. The zero-order chi connectivity index (χ0) is 15.2. The lowest BCUT2D eigenvalue weighted by Crippen LogP contribution is -2.28. The molecular weight excluding hydrogens is 312 g/mol. The molecule has 1 aliphatic rings. The second-order valence-electron chi connectivity index (χ2n) is 4.67. The van der Waals surface area contributed by atoms with Gasteiger partial charge in [0.1, 0.15) is 0 Å². The van der Waals surface area contributed by atoms with Crippen molar-refractivity contribution in [3.8, 4) is 0 Å². The Morgan fingerprint density at radius 3 is 2.81 bits per heavy atom. The minimum absolute atomic E-state index is 0.0799. The number of benzene rings is 1. The number of nitrogens with zero attached hydrogens (tertiary/aromatic N) is 2. The first-order valence-corrected chi connectivity index (χ1v) is 8.46. The Balaban J connectivity index is 2.08. The van der Waals surface area contributed by atoms with Crippen LogP contribution in [-0.4, -0.2) is 31.0 Å². The monoisotopic (exact) mass is 324 g/mol. The fraction of sp³-hybridized carbons (Fsp3) is 0.231. The van der Waals surface area contributed by atoms with Gasteiger partial charge in [-0.25, -0.2) is 18.2 Å². The van der Waals surface area contributed by atoms with E-state index in [1.807, 2.05) is 0 Å². The minimum Gasteiger partial charge on any atom is -0.478 e. The Hall–Kier alpha value is -1.93. The van der Waals surface area contributed by atoms with Crippen molar-refractivity contribution in [1.82, 2.24) is 4.98 Å². The molecule has 0 radical (unpaired) electrons. The summed E-state index contributed by atoms with van der Waals surface area (Å²) < 4.78 is 26.7. The number of aromatic nitrogens is 1. The van der Waals surface area contributed by atoms with Gasteiger partial charge in [-0.1, -0.05) is 6.07 Å². The summed E-state index contributed by atoms with van der Waals surface area (Å²) in [6, 6.07) is 4.58. The molecule has 2 heterocycles. The maximum atomic E-state index is 12.6. The van der Waals surface area contributed by atoms with Crippen LogP contribution in [0, 0.1) is 6.92 Å². The van der Waals surface area contributed by atoms with Crippen LogP contribution in [0.25, 0.3) is 0 Å². The van der Waals surface area contributed by atoms with Crippen LogP contribution in [-0.2, 0) is 16.4 Å². The summed E-state index contributed by atoms with van der Waals surface area (Å²) in [5.41, 5.74) is 1.36. The topological polar surface area (TPSA) is 87.6 Å². The van der Waals surface area contributed by atoms with Gasteiger partial charge in [0.25, 0.3) is 10.0 Å². The van der Waals surface area contributed by atoms with Gasteiger partial charge in [0.15, 0.2) is 4.21 Å². The van der Waals surface area contributed by atoms with Crippen LogP contribution in [0.15, 0.2) is 28.6 Å². The standard InChI is InChI=1S/C13H12N2O4S2/c1-8-14-7-12(20-8)21(18,19)15-5-4-9-2-3-10(13(16)17)6-11(9)15/h2-3,6-7H,4-5H2,1H3,(H,16,17). The van der Waals surface area contributed by atoms with Crippen molar-refractivity contribution in [3.05, 3.63) is 40.5 Å². The SMILES string of the molecule is Cc1ncc(S(=O)(=O)N2CCc3ccc(C(=O)O)cc32)s1. The van der Waals surface area contributed by atoms with Crippen LogP contribution in [0.5, 0.6) is 0 Å². The molecule has 0 atom stereocenters. The van der Waals surface area contributed by atoms with E-state index >= 15 is 0 Å². The molecule has 1 N–H and O–H groups in total. The zero-order valence-electron chi connectivity index (χ0n) is 11.1. The van der Waals surface area contributed by atoms with Gasteiger partial charge in [-0.3, -0.25) is 4.31 Å². The number of anilines is 1. The number of carboxylic acid groups (broad SMARTS) is 1. The van der Waals surface area contributed by atoms with E-state index in [1.54, 1.807) is 13.0 Å². The maximum absolute atomic E-state index is 12.6. The van der Waals surface area contributed by atoms with Gasteiger partial charge in [-0.15, -0.1) is 11.3 Å². The number of sulfonamides is 1. The smallest absolute Gasteiger partial charge is 0.335 e. The predicted molar refractivity (Wildman–Crippen MR) is 78.5 cm³/mol. The van der Waals surface area contributed by atoms with Gasteiger partial charge in [-0.05, 0) is 31.0 Å². The van der Waals surface area contributed by atoms with Crippen LogP contribution < -0.4 is 4.31 Å². The maximum Gasteiger partial charge on any atom is 0.335 e. The third kappa shape index (κ3) is 2.30. The van der Waals surface area contributed by atoms with E-state index in [2.05, 4.69) is 4.98 Å². The van der Waals surface area contributed by atoms with E-state index in [0.717, 1.165) is 16.9 Å². The number of carbonyl (C=O) groups is 1. The number of hydrogen-bond donors (Lipinski definition) is 1. The molecule has 3 rings (SSSR count). The van der Waals surface area contributed by atoms with Crippen molar-refractivity contribution in [1.29, 1.82) is 0 Å². The lowest BCUT2D eigenvalue weighted by molar-refractivity contribution is 0.0697. The third-order valence-electron chi connectivity index (χ3n) is 3.33. The Kier molecular flexibility index (Phi) is 3.22. The molecule has 21 heavy (non-hydrogen) atoms. The highest BCUT2D eigenvalue weighted by molar-refractivity contribution is 7.94. The molecule has 0 saturated carbocycles. The van der Waals surface area contributed by atoms with Crippen molar-refractivity contribution in [2.45, 2.75) is 17.6 Å². The van der Waals surface area contributed by atoms with Gasteiger partial charge in [0, 0.05) is 6.54 Å². The summed E-state index contributed by atoms with van der Waals surface area (Å²) >= 11 is 1.11. The summed E-state index contributed by atoms with van der Waals surface area (Å²) in [7, 11) is -3.68. The van der Waals surface area contributed by atoms with Crippen LogP contribution >= 0.6 is 11.3 Å². The highest BCUT2D eigenvalue weighted by Crippen LogP contribution is 2.35. The molecule has 0 amide bonds. The number of carboxylic acids is 1. The predicted octanol–water partition coefficient (Wildman–Crippen LogP) is 1.90. The Labute approximate surface area is 125 Å². The molecule has 6 nitrogen and oxygen atoms in total. The van der Waals surface area contributed by atoms with Crippen LogP contribution in [0.4, 0.5) is 5.69 Å². The summed E-state index contributed by atoms with van der Waals surface area (Å²) in [4.78, 5) is 15.0. The summed E-state index contributed by atoms with van der Waals surface area (Å²) in [5.74, 6) is -1.07. The molecule has 2 aromatic rings. The number of fused-ring (bicyclic) bond motifs is 1. The van der Waals surface area contributed by atoms with Crippen molar-refractivity contribution < 1.29 is 18.3 Å². The molecule has 0 unspecified atom stereocenters. The second-order valence-corrected chi connectivity index (χ2v) is 8.00. The highest BCUT2D eigenvalue weighted by Gasteiger charge is 2.32. The Bertz CT molecular complexity index is 826. The molecule has 0 aliphatic carbocycles. The number of aryl methyl sites for hydroxylation is 1. The first kappa shape index (κ1) is 14.0. The molecule has 0 saturated heterocycles. The van der Waals surface area contributed by atoms with Crippen molar-refractivity contribution in [2.24, 2.45) is 0 Å². The number of rotatable bonds is 3. The normalized spacial score (nSPS) is 14.2. The van der Waals surface area contributed by atoms with Crippen molar-refractivity contribution in [2.75, 3.05) is 10.8 Å². The second kappa shape index (κ2) is 4.81. The fourth-order valence-electron chi connectivity index (χ4n) is 2.30. The summed E-state index contributed by atoms with van der Waals surface area (Å²) in [6.07, 6.45) is 1.92. The largest absolute Gasteiger partial charge is 0.478 e. The molecule has 0 spiro atoms. The number of aromatic carboxylic acids is 1. The van der Waals surface area contributed by atoms with E-state index in [4.69, 9.17) is 5.11 Å². The minimum atomic E-state index is -3.68. The molecule has 1 aromatic heterocycles. The molecule has 1 aliphatic heterocycles. The average Bonchev–Trinajstić information content (AvgIpc) is 3.04. The summed E-state index contributed by atoms with van der Waals surface area (Å²) in [6.45, 7) is 2.06. The molecular formula is C13H12N2O4S2. The van der Waals surface area contributed by atoms with Crippen molar-refractivity contribution >= 4 is 33.0 Å². The van der Waals surface area contributed by atoms with Gasteiger partial charge < -0.3 is 5.11 Å². The van der Waals surface area contributed by atoms with E-state index < -0.39 is 16.0 Å². The lowest BCUT2D eigenvalue weighted by atomic mass is 10.1. The highest BCUT2D eigenvalue weighted by atomic mass is 32.2. The van der Waals surface area contributed by atoms with E-state index in [0.29, 0.717) is 23.7 Å². The molecule has 8 heteroatoms. The summed E-state index contributed by atoms with van der Waals surface area (Å²) in [5, 5.41) is 9.72. The molecule has 110 valence electrons. The van der Waals surface area contributed by atoms with Gasteiger partial charge in [0.2, 0.25) is 0 Å². The number of thiazole rings is 1. The third-order valence-corrected chi connectivity index (χ3v) is 6.49. The first-order chi connectivity index (χ1) is 9.89. The van der Waals surface area contributed by atoms with Gasteiger partial charge in [-0.2, -0.15) is 0 Å². The van der Waals surface area contributed by atoms with Crippen LogP contribution in [0.2, 0.25) is 0 Å². The van der Waals surface area contributed by atoms with E-state index in [1.165, 1.54) is 22.6 Å². The van der Waals surface area contributed by atoms with E-state index in [9.17, 15) is 13.2 Å². The molecule has 0 fully saturated rings. The Morgan fingerprint density at radius 2 is 2.19 bits per heavy atom. The number of hydrogen-bond acceptors (Lipinski definition) is 5. The van der Waals surface area contributed by atoms with Crippen molar-refractivity contribution in [3.63, 3.8) is 0 Å². The van der Waals surface area contributed by atoms with Crippen LogP contribution in [0.3, 0.4) is 0 Å². The zero-order valence-corrected chi connectivity index (χ0v) is 12.7. The van der Waals surface area contributed by atoms with Gasteiger partial charge in [0.05, 0.1) is 22.5 Å². The average molecular weight is 324 g/mol. The molecule has 1 aromatic carbocycles. The van der Waals surface area contributed by atoms with Crippen LogP contribution in [0.1, 0.15) is 20.9 Å². The molecule has 0 bridgehead atoms. The van der Waals surface area contributed by atoms with Gasteiger partial charge >= 0.3 is 5.97 Å². The fourth-order valence-corrected chi connectivity index (χ4v) is 5.02. The lowest BCUT2D eigenvalue weighted by Gasteiger charge is -2.18.